The van der Waals surface area contributed by atoms with Gasteiger partial charge in [0.2, 0.25) is 0 Å². The summed E-state index contributed by atoms with van der Waals surface area (Å²) in [5, 5.41) is 8.68. The molecule has 1 aromatic rings. The highest BCUT2D eigenvalue weighted by Crippen LogP contribution is 2.16. The van der Waals surface area contributed by atoms with E-state index in [-0.39, 0.29) is 18.9 Å². The first kappa shape index (κ1) is 14.2. The van der Waals surface area contributed by atoms with E-state index in [1.54, 1.807) is 4.90 Å². The standard InChI is InChI=1S/C14H19NO3/c1-4-15(9-8-12(16)17)14(18)13-10(2)6-5-7-11(13)3/h5-7H,4,8-9H2,1-3H3,(H,16,17). The third kappa shape index (κ3) is 3.32. The van der Waals surface area contributed by atoms with Gasteiger partial charge in [-0.05, 0) is 31.9 Å². The van der Waals surface area contributed by atoms with Crippen LogP contribution in [0.2, 0.25) is 0 Å². The smallest absolute Gasteiger partial charge is 0.305 e. The number of carbonyl (C=O) groups is 2. The Kier molecular flexibility index (Phi) is 4.89. The maximum absolute atomic E-state index is 12.4. The van der Waals surface area contributed by atoms with Crippen molar-refractivity contribution in [2.24, 2.45) is 0 Å². The van der Waals surface area contributed by atoms with Crippen LogP contribution in [-0.4, -0.2) is 35.0 Å². The summed E-state index contributed by atoms with van der Waals surface area (Å²) < 4.78 is 0. The van der Waals surface area contributed by atoms with Crippen LogP contribution < -0.4 is 0 Å². The number of hydrogen-bond donors (Lipinski definition) is 1. The van der Waals surface area contributed by atoms with Gasteiger partial charge in [-0.3, -0.25) is 9.59 Å². The molecule has 0 aliphatic rings. The molecule has 0 saturated carbocycles. The van der Waals surface area contributed by atoms with Crippen LogP contribution >= 0.6 is 0 Å². The van der Waals surface area contributed by atoms with Gasteiger partial charge < -0.3 is 10.0 Å². The second-order valence-corrected chi connectivity index (χ2v) is 4.30. The highest BCUT2D eigenvalue weighted by molar-refractivity contribution is 5.97. The minimum atomic E-state index is -0.886. The first-order chi connectivity index (χ1) is 8.47. The Balaban J connectivity index is 2.93. The minimum absolute atomic E-state index is 0.0233. The van der Waals surface area contributed by atoms with E-state index in [1.165, 1.54) is 0 Å². The molecule has 0 unspecified atom stereocenters. The zero-order valence-corrected chi connectivity index (χ0v) is 11.1. The maximum atomic E-state index is 12.4. The van der Waals surface area contributed by atoms with Gasteiger partial charge in [0.1, 0.15) is 0 Å². The minimum Gasteiger partial charge on any atom is -0.481 e. The van der Waals surface area contributed by atoms with Crippen molar-refractivity contribution < 1.29 is 14.7 Å². The van der Waals surface area contributed by atoms with E-state index in [4.69, 9.17) is 5.11 Å². The summed E-state index contributed by atoms with van der Waals surface area (Å²) in [6, 6.07) is 5.70. The maximum Gasteiger partial charge on any atom is 0.305 e. The van der Waals surface area contributed by atoms with E-state index in [9.17, 15) is 9.59 Å². The summed E-state index contributed by atoms with van der Waals surface area (Å²) in [6.07, 6.45) is -0.0233. The van der Waals surface area contributed by atoms with Crippen molar-refractivity contribution in [1.82, 2.24) is 4.90 Å². The van der Waals surface area contributed by atoms with Crippen molar-refractivity contribution in [1.29, 1.82) is 0 Å². The molecule has 98 valence electrons. The number of aryl methyl sites for hydroxylation is 2. The van der Waals surface area contributed by atoms with Crippen LogP contribution in [0.25, 0.3) is 0 Å². The SMILES string of the molecule is CCN(CCC(=O)O)C(=O)c1c(C)cccc1C. The van der Waals surface area contributed by atoms with Gasteiger partial charge in [-0.25, -0.2) is 0 Å². The fourth-order valence-corrected chi connectivity index (χ4v) is 1.94. The van der Waals surface area contributed by atoms with Crippen LogP contribution in [0.3, 0.4) is 0 Å². The molecule has 0 aliphatic heterocycles. The van der Waals surface area contributed by atoms with Crippen LogP contribution in [0.4, 0.5) is 0 Å². The Morgan fingerprint density at radius 1 is 1.22 bits per heavy atom. The van der Waals surface area contributed by atoms with E-state index in [0.29, 0.717) is 12.1 Å². The average Bonchev–Trinajstić information content (AvgIpc) is 2.29. The lowest BCUT2D eigenvalue weighted by molar-refractivity contribution is -0.137. The predicted molar refractivity (Wildman–Crippen MR) is 69.7 cm³/mol. The molecule has 0 atom stereocenters. The molecule has 0 fully saturated rings. The van der Waals surface area contributed by atoms with Gasteiger partial charge in [-0.15, -0.1) is 0 Å². The van der Waals surface area contributed by atoms with Crippen LogP contribution in [0.1, 0.15) is 34.8 Å². The number of carboxylic acid groups (broad SMARTS) is 1. The monoisotopic (exact) mass is 249 g/mol. The molecule has 1 aromatic carbocycles. The number of benzene rings is 1. The number of carboxylic acids is 1. The second kappa shape index (κ2) is 6.19. The van der Waals surface area contributed by atoms with Crippen molar-refractivity contribution in [3.8, 4) is 0 Å². The van der Waals surface area contributed by atoms with Crippen LogP contribution in [0.15, 0.2) is 18.2 Å². The van der Waals surface area contributed by atoms with Crippen LogP contribution in [0.5, 0.6) is 0 Å². The molecule has 1 rings (SSSR count). The molecule has 0 bridgehead atoms. The summed E-state index contributed by atoms with van der Waals surface area (Å²) in [5.41, 5.74) is 2.53. The molecule has 1 N–H and O–H groups in total. The molecule has 1 amide bonds. The van der Waals surface area contributed by atoms with Crippen LogP contribution in [0, 0.1) is 13.8 Å². The van der Waals surface area contributed by atoms with Crippen molar-refractivity contribution >= 4 is 11.9 Å². The van der Waals surface area contributed by atoms with Gasteiger partial charge in [0.15, 0.2) is 0 Å². The lowest BCUT2D eigenvalue weighted by Gasteiger charge is -2.22. The predicted octanol–water partition coefficient (Wildman–Crippen LogP) is 2.24. The summed E-state index contributed by atoms with van der Waals surface area (Å²) in [4.78, 5) is 24.5. The molecular formula is C14H19NO3. The fourth-order valence-electron chi connectivity index (χ4n) is 1.94. The molecule has 0 radical (unpaired) electrons. The second-order valence-electron chi connectivity index (χ2n) is 4.30. The Bertz CT molecular complexity index is 434. The van der Waals surface area contributed by atoms with Gasteiger partial charge in [0.05, 0.1) is 6.42 Å². The van der Waals surface area contributed by atoms with E-state index in [2.05, 4.69) is 0 Å². The molecule has 18 heavy (non-hydrogen) atoms. The van der Waals surface area contributed by atoms with Gasteiger partial charge in [0.25, 0.3) is 5.91 Å². The van der Waals surface area contributed by atoms with Gasteiger partial charge in [-0.1, -0.05) is 18.2 Å². The molecule has 0 saturated heterocycles. The fraction of sp³-hybridized carbons (Fsp3) is 0.429. The van der Waals surface area contributed by atoms with Crippen LogP contribution in [-0.2, 0) is 4.79 Å². The lowest BCUT2D eigenvalue weighted by Crippen LogP contribution is -2.33. The molecule has 4 heteroatoms. The quantitative estimate of drug-likeness (QED) is 0.870. The number of hydrogen-bond acceptors (Lipinski definition) is 2. The van der Waals surface area contributed by atoms with E-state index in [1.807, 2.05) is 39.0 Å². The van der Waals surface area contributed by atoms with Crippen molar-refractivity contribution in [2.75, 3.05) is 13.1 Å². The molecule has 0 heterocycles. The number of nitrogens with zero attached hydrogens (tertiary/aromatic N) is 1. The average molecular weight is 249 g/mol. The molecular weight excluding hydrogens is 230 g/mol. The molecule has 0 aliphatic carbocycles. The molecule has 0 aromatic heterocycles. The molecule has 4 nitrogen and oxygen atoms in total. The first-order valence-electron chi connectivity index (χ1n) is 6.04. The van der Waals surface area contributed by atoms with Gasteiger partial charge in [0, 0.05) is 18.7 Å². The lowest BCUT2D eigenvalue weighted by atomic mass is 10.0. The number of carbonyl (C=O) groups excluding carboxylic acids is 1. The van der Waals surface area contributed by atoms with E-state index in [0.717, 1.165) is 11.1 Å². The summed E-state index contributed by atoms with van der Waals surface area (Å²) in [5.74, 6) is -0.975. The normalized spacial score (nSPS) is 10.2. The largest absolute Gasteiger partial charge is 0.481 e. The zero-order chi connectivity index (χ0) is 13.7. The highest BCUT2D eigenvalue weighted by atomic mass is 16.4. The third-order valence-corrected chi connectivity index (χ3v) is 2.96. The summed E-state index contributed by atoms with van der Waals surface area (Å²) in [7, 11) is 0. The van der Waals surface area contributed by atoms with Crippen molar-refractivity contribution in [2.45, 2.75) is 27.2 Å². The summed E-state index contributed by atoms with van der Waals surface area (Å²) >= 11 is 0. The third-order valence-electron chi connectivity index (χ3n) is 2.96. The Hall–Kier alpha value is -1.84. The Labute approximate surface area is 107 Å². The topological polar surface area (TPSA) is 57.6 Å². The number of rotatable bonds is 5. The summed E-state index contributed by atoms with van der Waals surface area (Å²) in [6.45, 7) is 6.40. The highest BCUT2D eigenvalue weighted by Gasteiger charge is 2.18. The number of aliphatic carboxylic acids is 1. The zero-order valence-electron chi connectivity index (χ0n) is 11.1. The first-order valence-corrected chi connectivity index (χ1v) is 6.04. The Morgan fingerprint density at radius 3 is 2.22 bits per heavy atom. The van der Waals surface area contributed by atoms with Crippen molar-refractivity contribution in [3.63, 3.8) is 0 Å². The van der Waals surface area contributed by atoms with Crippen molar-refractivity contribution in [3.05, 3.63) is 34.9 Å². The van der Waals surface area contributed by atoms with E-state index < -0.39 is 5.97 Å². The van der Waals surface area contributed by atoms with Gasteiger partial charge in [-0.2, -0.15) is 0 Å². The van der Waals surface area contributed by atoms with E-state index >= 15 is 0 Å². The Morgan fingerprint density at radius 2 is 1.78 bits per heavy atom. The van der Waals surface area contributed by atoms with Gasteiger partial charge >= 0.3 is 5.97 Å². The number of amides is 1. The molecule has 0 spiro atoms.